The third-order valence-electron chi connectivity index (χ3n) is 23.5. The van der Waals surface area contributed by atoms with E-state index in [1.165, 1.54) is 39.9 Å². The van der Waals surface area contributed by atoms with Crippen LogP contribution < -0.4 is 25.6 Å². The molecule has 6 fully saturated rings. The molecule has 7 aliphatic rings. The Labute approximate surface area is 685 Å². The van der Waals surface area contributed by atoms with Gasteiger partial charge >= 0.3 is 5.51 Å². The molecule has 6 aliphatic heterocycles. The molecule has 0 radical (unpaired) electrons. The van der Waals surface area contributed by atoms with Crippen molar-refractivity contribution in [3.05, 3.63) is 160 Å². The average Bonchev–Trinajstić information content (AvgIpc) is 1.47. The Morgan fingerprint density at radius 1 is 0.774 bits per heavy atom. The second-order valence-corrected chi connectivity index (χ2v) is 39.1. The van der Waals surface area contributed by atoms with Gasteiger partial charge < -0.3 is 40.5 Å². The fourth-order valence-electron chi connectivity index (χ4n) is 17.0. The molecule has 8 atom stereocenters. The largest absolute Gasteiger partial charge is 0.501 e. The second-order valence-electron chi connectivity index (χ2n) is 33.1. The van der Waals surface area contributed by atoms with Crippen LogP contribution in [0.15, 0.2) is 147 Å². The standard InChI is InChI=1S/C83H105ClF3N13O11S4/c1-55(57-12-14-59(15-13-57)76-56(2)88-54-113-76)89-79(105)72-43-66(101)47-100(72)80(106)77(81(3,4)5)91-74(102)49-94-30-32-95(33-31-94)50-75(103)98-40-36-96(37-41-98)53-82(6)28-26-70(58-16-20-62(84)21-17-58)61(45-82)46-93-34-38-97(39-35-93)64-22-18-60(19-23-64)78(104)92-115(109,110)69-24-25-71(73(44-69)114(107,108)83(85,86)87)90-63(52-112-68-10-8-7-9-11-68)27-29-99-48-67-42-65(99)51-111-67/h7-25,44,54-55,63,65-67,72,77,90,101H,26-43,45-53H2,1-6H3,(H,89,105)(H,91,102)(H,92,104)/t55-,63+,65+,66+,67+,72-,77+,82?/m0/s1. The predicted molar refractivity (Wildman–Crippen MR) is 441 cm³/mol. The van der Waals surface area contributed by atoms with E-state index in [9.17, 15) is 59.1 Å². The summed E-state index contributed by atoms with van der Waals surface area (Å²) in [6.45, 7) is 23.4. The number of hydrogen-bond acceptors (Lipinski definition) is 21. The number of likely N-dealkylation sites (tertiary alicyclic amines) is 2. The van der Waals surface area contributed by atoms with Gasteiger partial charge in [-0.1, -0.05) is 99.5 Å². The van der Waals surface area contributed by atoms with Crippen LogP contribution >= 0.6 is 34.7 Å². The van der Waals surface area contributed by atoms with Crippen LogP contribution in [0.3, 0.4) is 0 Å². The quantitative estimate of drug-likeness (QED) is 0.0286. The number of amides is 5. The molecule has 620 valence electrons. The van der Waals surface area contributed by atoms with E-state index in [1.54, 1.807) is 23.5 Å². The number of nitrogens with zero attached hydrogens (tertiary/aromatic N) is 9. The van der Waals surface area contributed by atoms with Crippen molar-refractivity contribution in [2.24, 2.45) is 10.8 Å². The first kappa shape index (κ1) is 85.4. The lowest BCUT2D eigenvalue weighted by Gasteiger charge is -2.44. The number of aromatic nitrogens is 1. The van der Waals surface area contributed by atoms with E-state index in [-0.39, 0.29) is 72.9 Å². The van der Waals surface area contributed by atoms with Gasteiger partial charge in [0.15, 0.2) is 0 Å². The van der Waals surface area contributed by atoms with Gasteiger partial charge in [-0.05, 0) is 146 Å². The second kappa shape index (κ2) is 36.4. The van der Waals surface area contributed by atoms with Gasteiger partial charge in [-0.15, -0.1) is 23.1 Å². The third kappa shape index (κ3) is 21.1. The highest BCUT2D eigenvalue weighted by molar-refractivity contribution is 7.99. The minimum Gasteiger partial charge on any atom is -0.391 e. The molecule has 0 spiro atoms. The molecule has 32 heteroatoms. The summed E-state index contributed by atoms with van der Waals surface area (Å²) in [6.07, 6.45) is 3.35. The number of aliphatic hydroxyl groups is 1. The normalized spacial score (nSPS) is 22.6. The number of aliphatic hydroxyl groups excluding tert-OH is 1. The molecule has 6 aromatic rings. The van der Waals surface area contributed by atoms with Crippen LogP contribution in [0.2, 0.25) is 5.02 Å². The minimum absolute atomic E-state index is 0.0327. The van der Waals surface area contributed by atoms with E-state index < -0.39 is 82.3 Å². The number of piperazine rings is 3. The number of thioether (sulfide) groups is 1. The molecule has 1 aliphatic carbocycles. The number of ether oxygens (including phenoxy) is 1. The number of nitrogens with one attached hydrogen (secondary N) is 4. The fourth-order valence-corrected chi connectivity index (χ4v) is 20.9. The van der Waals surface area contributed by atoms with Gasteiger partial charge in [0.25, 0.3) is 25.8 Å². The van der Waals surface area contributed by atoms with Crippen LogP contribution in [-0.4, -0.2) is 269 Å². The highest BCUT2D eigenvalue weighted by atomic mass is 35.5. The minimum atomic E-state index is -6.11. The Balaban J connectivity index is 0.560. The molecule has 5 amide bonds. The Kier molecular flexibility index (Phi) is 27.0. The van der Waals surface area contributed by atoms with Crippen LogP contribution in [-0.2, 0) is 43.8 Å². The summed E-state index contributed by atoms with van der Waals surface area (Å²) in [7, 11) is -11.0. The maximum Gasteiger partial charge on any atom is 0.501 e. The maximum absolute atomic E-state index is 14.5. The van der Waals surface area contributed by atoms with Crippen LogP contribution in [0.5, 0.6) is 0 Å². The number of alkyl halides is 3. The summed E-state index contributed by atoms with van der Waals surface area (Å²) in [5.41, 5.74) is 2.32. The zero-order valence-electron chi connectivity index (χ0n) is 66.0. The number of hydrogen-bond donors (Lipinski definition) is 5. The molecule has 0 saturated carbocycles. The van der Waals surface area contributed by atoms with E-state index in [2.05, 4.69) is 64.5 Å². The van der Waals surface area contributed by atoms with Gasteiger partial charge in [-0.3, -0.25) is 48.5 Å². The Hall–Kier alpha value is -7.53. The van der Waals surface area contributed by atoms with Gasteiger partial charge in [-0.25, -0.2) is 26.5 Å². The van der Waals surface area contributed by atoms with Gasteiger partial charge in [-0.2, -0.15) is 13.2 Å². The number of carbonyl (C=O) groups is 5. The Morgan fingerprint density at radius 3 is 2.07 bits per heavy atom. The lowest BCUT2D eigenvalue weighted by molar-refractivity contribution is -0.144. The molecule has 24 nitrogen and oxygen atoms in total. The molecule has 13 rings (SSSR count). The van der Waals surface area contributed by atoms with Gasteiger partial charge in [0.1, 0.15) is 17.0 Å². The number of anilines is 2. The first-order valence-corrected chi connectivity index (χ1v) is 44.8. The van der Waals surface area contributed by atoms with E-state index >= 15 is 0 Å². The summed E-state index contributed by atoms with van der Waals surface area (Å²) in [4.78, 5) is 91.0. The van der Waals surface area contributed by atoms with Gasteiger partial charge in [0, 0.05) is 157 Å². The smallest absolute Gasteiger partial charge is 0.391 e. The van der Waals surface area contributed by atoms with Crippen molar-refractivity contribution in [3.63, 3.8) is 0 Å². The van der Waals surface area contributed by atoms with E-state index in [0.717, 1.165) is 115 Å². The molecule has 1 aromatic heterocycles. The number of allylic oxidation sites excluding steroid dienone is 1. The lowest BCUT2D eigenvalue weighted by atomic mass is 9.71. The number of rotatable bonds is 28. The van der Waals surface area contributed by atoms with Crippen molar-refractivity contribution >= 4 is 101 Å². The molecule has 7 heterocycles. The monoisotopic (exact) mass is 1680 g/mol. The van der Waals surface area contributed by atoms with Gasteiger partial charge in [0.05, 0.1) is 64.6 Å². The highest BCUT2D eigenvalue weighted by Gasteiger charge is 2.50. The van der Waals surface area contributed by atoms with E-state index in [1.807, 2.05) is 121 Å². The summed E-state index contributed by atoms with van der Waals surface area (Å²) in [5, 5.41) is 20.6. The number of β-amino-alcohol motifs (C(OH)–C–C–N with tert-alkyl or cyclic N) is 1. The number of thiazole rings is 1. The van der Waals surface area contributed by atoms with Crippen molar-refractivity contribution in [2.45, 2.75) is 143 Å². The van der Waals surface area contributed by atoms with E-state index in [4.69, 9.17) is 16.3 Å². The summed E-state index contributed by atoms with van der Waals surface area (Å²) in [5.74, 6) is -1.76. The van der Waals surface area contributed by atoms with E-state index in [0.29, 0.717) is 95.3 Å². The van der Waals surface area contributed by atoms with Crippen molar-refractivity contribution in [1.29, 1.82) is 0 Å². The molecular weight excluding hydrogens is 1580 g/mol. The van der Waals surface area contributed by atoms with Crippen molar-refractivity contribution in [1.82, 2.24) is 54.6 Å². The maximum atomic E-state index is 14.5. The Morgan fingerprint density at radius 2 is 1.43 bits per heavy atom. The summed E-state index contributed by atoms with van der Waals surface area (Å²) in [6, 6.07) is 31.6. The first-order valence-electron chi connectivity index (χ1n) is 39.6. The van der Waals surface area contributed by atoms with Gasteiger partial charge in [0.2, 0.25) is 23.6 Å². The molecular formula is C83H105ClF3N13O11S4. The van der Waals surface area contributed by atoms with Crippen LogP contribution in [0.1, 0.15) is 106 Å². The topological polar surface area (TPSA) is 270 Å². The first-order chi connectivity index (χ1) is 54.7. The predicted octanol–water partition coefficient (Wildman–Crippen LogP) is 9.52. The zero-order valence-corrected chi connectivity index (χ0v) is 70.0. The number of sulfonamides is 1. The SMILES string of the molecule is Cc1ncsc1-c1ccc([C@H](C)NC(=O)[C@@H]2C[C@@H](O)CN2C(=O)[C@@H](NC(=O)CN2CCN(CC(=O)N3CCN(CC4(C)CCC(c5ccc(Cl)cc5)=C(CN5CCN(c6ccc(C(=O)NS(=O)(=O)c7ccc(N[C@H](CCN8C[C@H]9C[C@@H]8CO9)CSc8ccccc8)c(S(=O)(=O)C(F)(F)F)c7)cc6)CC5)C4)CC3)CC2)C(C)(C)C)cc1. The Bertz CT molecular complexity index is 4710. The molecule has 115 heavy (non-hydrogen) atoms. The molecule has 2 bridgehead atoms. The van der Waals surface area contributed by atoms with Crippen molar-refractivity contribution in [2.75, 3.05) is 147 Å². The van der Waals surface area contributed by atoms with Crippen LogP contribution in [0.4, 0.5) is 24.5 Å². The third-order valence-corrected chi connectivity index (χ3v) is 28.8. The van der Waals surface area contributed by atoms with Crippen LogP contribution in [0.25, 0.3) is 16.0 Å². The number of aryl methyl sites for hydroxylation is 1. The van der Waals surface area contributed by atoms with Crippen molar-refractivity contribution in [3.8, 4) is 10.4 Å². The number of halogens is 4. The number of morpholine rings is 1. The number of sulfone groups is 1. The fraction of sp³-hybridized carbons (Fsp3) is 0.518. The summed E-state index contributed by atoms with van der Waals surface area (Å²) >= 11 is 9.43. The molecule has 5 aromatic carbocycles. The average molecular weight is 1680 g/mol. The summed E-state index contributed by atoms with van der Waals surface area (Å²) < 4.78 is 106. The number of carbonyl (C=O) groups excluding carboxylic acids is 5. The number of benzene rings is 5. The molecule has 1 unspecified atom stereocenters. The highest BCUT2D eigenvalue weighted by Crippen LogP contribution is 2.45. The molecule has 5 N–H and O–H groups in total. The van der Waals surface area contributed by atoms with Crippen molar-refractivity contribution < 1.29 is 63.8 Å². The molecule has 6 saturated heterocycles. The number of fused-ring (bicyclic) bond motifs is 2. The zero-order chi connectivity index (χ0) is 81.7. The van der Waals surface area contributed by atoms with Crippen LogP contribution in [0, 0.1) is 17.8 Å². The lowest BCUT2D eigenvalue weighted by Crippen LogP contribution is -2.59.